The number of nitrogens with zero attached hydrogens (tertiary/aromatic N) is 4. The lowest BCUT2D eigenvalue weighted by Gasteiger charge is -2.09. The zero-order valence-electron chi connectivity index (χ0n) is 13.6. The highest BCUT2D eigenvalue weighted by molar-refractivity contribution is 5.90. The molecule has 4 rings (SSSR count). The van der Waals surface area contributed by atoms with E-state index in [1.807, 2.05) is 30.3 Å². The van der Waals surface area contributed by atoms with Crippen LogP contribution in [0.25, 0.3) is 10.9 Å². The van der Waals surface area contributed by atoms with E-state index in [9.17, 15) is 4.39 Å². The molecule has 0 spiro atoms. The summed E-state index contributed by atoms with van der Waals surface area (Å²) in [4.78, 5) is 9.19. The Morgan fingerprint density at radius 1 is 1.08 bits per heavy atom. The molecule has 2 N–H and O–H groups in total. The molecule has 26 heavy (non-hydrogen) atoms. The highest BCUT2D eigenvalue weighted by Gasteiger charge is 2.10. The largest absolute Gasteiger partial charge is 0.323 e. The molecule has 0 bridgehead atoms. The van der Waals surface area contributed by atoms with E-state index >= 15 is 0 Å². The van der Waals surface area contributed by atoms with Gasteiger partial charge in [-0.25, -0.2) is 14.4 Å². The minimum atomic E-state index is -0.276. The molecule has 0 aliphatic heterocycles. The minimum Gasteiger partial charge on any atom is -0.323 e. The number of aromatic nitrogens is 4. The summed E-state index contributed by atoms with van der Waals surface area (Å²) in [7, 11) is 0. The predicted molar refractivity (Wildman–Crippen MR) is 95.3 cm³/mol. The Labute approximate surface area is 148 Å². The zero-order valence-corrected chi connectivity index (χ0v) is 13.6. The number of nitriles is 1. The van der Waals surface area contributed by atoms with Crippen molar-refractivity contribution in [2.24, 2.45) is 0 Å². The summed E-state index contributed by atoms with van der Waals surface area (Å²) < 4.78 is 13.1. The molecule has 4 aromatic rings. The van der Waals surface area contributed by atoms with Crippen molar-refractivity contribution in [1.29, 1.82) is 5.26 Å². The fraction of sp³-hybridized carbons (Fsp3) is 0.0526. The lowest BCUT2D eigenvalue weighted by molar-refractivity contribution is 0.627. The molecule has 0 fully saturated rings. The maximum Gasteiger partial charge on any atom is 0.154 e. The Kier molecular flexibility index (Phi) is 4.00. The van der Waals surface area contributed by atoms with Crippen molar-refractivity contribution < 1.29 is 4.39 Å². The first-order valence-electron chi connectivity index (χ1n) is 7.94. The number of rotatable bonds is 4. The summed E-state index contributed by atoms with van der Waals surface area (Å²) in [5.41, 5.74) is 2.06. The van der Waals surface area contributed by atoms with Gasteiger partial charge in [-0.1, -0.05) is 24.3 Å². The average molecular weight is 344 g/mol. The van der Waals surface area contributed by atoms with E-state index in [0.29, 0.717) is 29.6 Å². The molecule has 0 amide bonds. The summed E-state index contributed by atoms with van der Waals surface area (Å²) in [6, 6.07) is 17.5. The number of halogens is 1. The third-order valence-electron chi connectivity index (χ3n) is 3.87. The Morgan fingerprint density at radius 3 is 2.65 bits per heavy atom. The highest BCUT2D eigenvalue weighted by atomic mass is 19.1. The maximum absolute atomic E-state index is 13.1. The summed E-state index contributed by atoms with van der Waals surface area (Å²) in [5.74, 6) is 1.43. The topological polar surface area (TPSA) is 90.3 Å². The fourth-order valence-electron chi connectivity index (χ4n) is 2.65. The average Bonchev–Trinajstić information content (AvgIpc) is 3.11. The monoisotopic (exact) mass is 344 g/mol. The Bertz CT molecular complexity index is 1110. The molecule has 0 atom stereocenters. The quantitative estimate of drug-likeness (QED) is 0.589. The highest BCUT2D eigenvalue weighted by Crippen LogP contribution is 2.24. The Morgan fingerprint density at radius 2 is 1.88 bits per heavy atom. The van der Waals surface area contributed by atoms with Crippen LogP contribution >= 0.6 is 0 Å². The predicted octanol–water partition coefficient (Wildman–Crippen LogP) is 3.70. The number of fused-ring (bicyclic) bond motifs is 1. The number of aromatic amines is 1. The van der Waals surface area contributed by atoms with Gasteiger partial charge in [-0.05, 0) is 29.8 Å². The SMILES string of the molecule is N#Cc1cc(Nc2nc(Cc3ccc(F)cc3)nc3ccccc23)n[nH]1. The molecule has 2 aromatic carbocycles. The van der Waals surface area contributed by atoms with Crippen LogP contribution < -0.4 is 5.32 Å². The molecule has 6 nitrogen and oxygen atoms in total. The third-order valence-corrected chi connectivity index (χ3v) is 3.87. The Balaban J connectivity index is 1.72. The summed E-state index contributed by atoms with van der Waals surface area (Å²) in [6.07, 6.45) is 0.476. The number of hydrogen-bond donors (Lipinski definition) is 2. The summed E-state index contributed by atoms with van der Waals surface area (Å²) >= 11 is 0. The number of nitrogens with one attached hydrogen (secondary N) is 2. The van der Waals surface area contributed by atoms with Crippen LogP contribution in [0.4, 0.5) is 16.0 Å². The second-order valence-corrected chi connectivity index (χ2v) is 5.71. The third kappa shape index (κ3) is 3.21. The fourth-order valence-corrected chi connectivity index (χ4v) is 2.65. The van der Waals surface area contributed by atoms with E-state index in [4.69, 9.17) is 5.26 Å². The maximum atomic E-state index is 13.1. The molecule has 0 saturated heterocycles. The van der Waals surface area contributed by atoms with Crippen LogP contribution in [0.15, 0.2) is 54.6 Å². The molecular weight excluding hydrogens is 331 g/mol. The van der Waals surface area contributed by atoms with Crippen LogP contribution in [0.5, 0.6) is 0 Å². The van der Waals surface area contributed by atoms with Gasteiger partial charge in [-0.3, -0.25) is 5.10 Å². The first kappa shape index (κ1) is 15.7. The van der Waals surface area contributed by atoms with Gasteiger partial charge in [0, 0.05) is 17.9 Å². The molecule has 2 heterocycles. The molecule has 2 aromatic heterocycles. The normalized spacial score (nSPS) is 10.6. The van der Waals surface area contributed by atoms with Crippen molar-refractivity contribution in [2.45, 2.75) is 6.42 Å². The number of H-pyrrole nitrogens is 1. The van der Waals surface area contributed by atoms with Crippen LogP contribution in [-0.2, 0) is 6.42 Å². The van der Waals surface area contributed by atoms with Gasteiger partial charge in [0.2, 0.25) is 0 Å². The molecule has 0 aliphatic carbocycles. The first-order chi connectivity index (χ1) is 12.7. The van der Waals surface area contributed by atoms with Gasteiger partial charge in [-0.15, -0.1) is 0 Å². The molecular formula is C19H13FN6. The number of hydrogen-bond acceptors (Lipinski definition) is 5. The molecule has 126 valence electrons. The van der Waals surface area contributed by atoms with Gasteiger partial charge in [0.15, 0.2) is 5.82 Å². The van der Waals surface area contributed by atoms with Gasteiger partial charge in [0.1, 0.15) is 29.2 Å². The van der Waals surface area contributed by atoms with Gasteiger partial charge >= 0.3 is 0 Å². The van der Waals surface area contributed by atoms with Crippen molar-refractivity contribution in [3.63, 3.8) is 0 Å². The van der Waals surface area contributed by atoms with Crippen molar-refractivity contribution >= 4 is 22.5 Å². The lowest BCUT2D eigenvalue weighted by atomic mass is 10.1. The van der Waals surface area contributed by atoms with Gasteiger partial charge in [-0.2, -0.15) is 10.4 Å². The van der Waals surface area contributed by atoms with E-state index in [1.165, 1.54) is 12.1 Å². The summed E-state index contributed by atoms with van der Waals surface area (Å²) in [5, 5.41) is 19.6. The van der Waals surface area contributed by atoms with Gasteiger partial charge < -0.3 is 5.32 Å². The molecule has 0 saturated carbocycles. The zero-order chi connectivity index (χ0) is 17.9. The number of anilines is 2. The van der Waals surface area contributed by atoms with Crippen molar-refractivity contribution in [2.75, 3.05) is 5.32 Å². The van der Waals surface area contributed by atoms with Crippen molar-refractivity contribution in [1.82, 2.24) is 20.2 Å². The van der Waals surface area contributed by atoms with Crippen molar-refractivity contribution in [3.05, 3.63) is 77.5 Å². The van der Waals surface area contributed by atoms with Crippen LogP contribution in [0.1, 0.15) is 17.1 Å². The minimum absolute atomic E-state index is 0.276. The van der Waals surface area contributed by atoms with E-state index < -0.39 is 0 Å². The lowest BCUT2D eigenvalue weighted by Crippen LogP contribution is -2.03. The standard InChI is InChI=1S/C19H13FN6/c20-13-7-5-12(6-8-13)9-17-22-16-4-2-1-3-15(16)19(23-17)24-18-10-14(11-21)25-26-18/h1-8,10H,9H2,(H2,22,23,24,25,26). The van der Waals surface area contributed by atoms with Crippen LogP contribution in [-0.4, -0.2) is 20.2 Å². The molecule has 0 radical (unpaired) electrons. The van der Waals surface area contributed by atoms with E-state index in [2.05, 4.69) is 25.5 Å². The van der Waals surface area contributed by atoms with E-state index in [0.717, 1.165) is 16.5 Å². The van der Waals surface area contributed by atoms with Crippen LogP contribution in [0.2, 0.25) is 0 Å². The number of para-hydroxylation sites is 1. The van der Waals surface area contributed by atoms with Crippen LogP contribution in [0, 0.1) is 17.1 Å². The van der Waals surface area contributed by atoms with E-state index in [-0.39, 0.29) is 5.82 Å². The second kappa shape index (κ2) is 6.61. The number of benzene rings is 2. The molecule has 0 aliphatic rings. The second-order valence-electron chi connectivity index (χ2n) is 5.71. The van der Waals surface area contributed by atoms with Crippen LogP contribution in [0.3, 0.4) is 0 Å². The van der Waals surface area contributed by atoms with E-state index in [1.54, 1.807) is 18.2 Å². The van der Waals surface area contributed by atoms with Gasteiger partial charge in [0.25, 0.3) is 0 Å². The Hall–Kier alpha value is -3.79. The smallest absolute Gasteiger partial charge is 0.154 e. The molecule has 0 unspecified atom stereocenters. The molecule has 7 heteroatoms. The summed E-state index contributed by atoms with van der Waals surface area (Å²) in [6.45, 7) is 0. The van der Waals surface area contributed by atoms with Gasteiger partial charge in [0.05, 0.1) is 5.52 Å². The first-order valence-corrected chi connectivity index (χ1v) is 7.94. The van der Waals surface area contributed by atoms with Crippen molar-refractivity contribution in [3.8, 4) is 6.07 Å².